The van der Waals surface area contributed by atoms with Crippen LogP contribution in [-0.4, -0.2) is 33.9 Å². The Morgan fingerprint density at radius 2 is 1.97 bits per heavy atom. The molecular formula is C26H24FN3O2S. The number of carbonyl (C=O) groups is 1. The zero-order chi connectivity index (χ0) is 22.8. The van der Waals surface area contributed by atoms with Gasteiger partial charge in [-0.05, 0) is 49.6 Å². The number of hydrogen-bond acceptors (Lipinski definition) is 5. The lowest BCUT2D eigenvalue weighted by Crippen LogP contribution is -2.39. The number of aryl methyl sites for hydroxylation is 1. The van der Waals surface area contributed by atoms with Crippen molar-refractivity contribution in [2.24, 2.45) is 0 Å². The quantitative estimate of drug-likeness (QED) is 0.374. The maximum absolute atomic E-state index is 13.3. The van der Waals surface area contributed by atoms with Gasteiger partial charge in [0.15, 0.2) is 5.89 Å². The number of oxazole rings is 1. The molecule has 2 aromatic heterocycles. The van der Waals surface area contributed by atoms with Gasteiger partial charge in [-0.25, -0.2) is 14.4 Å². The van der Waals surface area contributed by atoms with Crippen molar-refractivity contribution in [3.05, 3.63) is 94.4 Å². The van der Waals surface area contributed by atoms with Gasteiger partial charge in [0, 0.05) is 25.1 Å². The number of piperidine rings is 1. The van der Waals surface area contributed by atoms with Crippen LogP contribution in [0.1, 0.15) is 51.3 Å². The topological polar surface area (TPSA) is 59.2 Å². The number of rotatable bonds is 5. The lowest BCUT2D eigenvalue weighted by molar-refractivity contribution is 0.0702. The predicted octanol–water partition coefficient (Wildman–Crippen LogP) is 5.86. The Morgan fingerprint density at radius 3 is 2.76 bits per heavy atom. The highest BCUT2D eigenvalue weighted by atomic mass is 32.1. The zero-order valence-corrected chi connectivity index (χ0v) is 19.1. The molecule has 168 valence electrons. The van der Waals surface area contributed by atoms with Crippen LogP contribution >= 0.6 is 11.3 Å². The van der Waals surface area contributed by atoms with Crippen LogP contribution in [0.4, 0.5) is 4.39 Å². The first-order valence-corrected chi connectivity index (χ1v) is 11.9. The standard InChI is InChI=1S/C26H24FN3O2S/c1-17-23(33-25(29-17)19-9-11-21(27)12-10-19)26(31)30-13-5-8-20(16-30)24-28-15-22(32-24)14-18-6-3-2-4-7-18/h2-4,6-7,9-12,15,20H,5,8,13-14,16H2,1H3/t20-/m0/s1. The summed E-state index contributed by atoms with van der Waals surface area (Å²) in [6, 6.07) is 16.4. The number of carbonyl (C=O) groups excluding carboxylic acids is 1. The fourth-order valence-electron chi connectivity index (χ4n) is 4.21. The van der Waals surface area contributed by atoms with Crippen molar-refractivity contribution in [2.45, 2.75) is 32.1 Å². The fourth-order valence-corrected chi connectivity index (χ4v) is 5.25. The van der Waals surface area contributed by atoms with E-state index in [9.17, 15) is 9.18 Å². The summed E-state index contributed by atoms with van der Waals surface area (Å²) in [6.07, 6.45) is 4.34. The molecular weight excluding hydrogens is 437 g/mol. The summed E-state index contributed by atoms with van der Waals surface area (Å²) >= 11 is 1.36. The van der Waals surface area contributed by atoms with Crippen molar-refractivity contribution < 1.29 is 13.6 Å². The highest BCUT2D eigenvalue weighted by molar-refractivity contribution is 7.17. The second-order valence-corrected chi connectivity index (χ2v) is 9.36. The molecule has 1 saturated heterocycles. The van der Waals surface area contributed by atoms with Gasteiger partial charge in [0.05, 0.1) is 17.8 Å². The molecule has 7 heteroatoms. The van der Waals surface area contributed by atoms with Gasteiger partial charge in [0.25, 0.3) is 5.91 Å². The van der Waals surface area contributed by atoms with Gasteiger partial charge in [0.1, 0.15) is 21.5 Å². The number of halogens is 1. The maximum atomic E-state index is 13.3. The lowest BCUT2D eigenvalue weighted by Gasteiger charge is -2.31. The maximum Gasteiger partial charge on any atom is 0.265 e. The Kier molecular flexibility index (Phi) is 6.05. The van der Waals surface area contributed by atoms with Gasteiger partial charge in [0.2, 0.25) is 0 Å². The molecule has 0 radical (unpaired) electrons. The molecule has 5 rings (SSSR count). The molecule has 1 amide bonds. The summed E-state index contributed by atoms with van der Waals surface area (Å²) in [7, 11) is 0. The average Bonchev–Trinajstić information content (AvgIpc) is 3.46. The molecule has 1 atom stereocenters. The second kappa shape index (κ2) is 9.27. The molecule has 4 aromatic rings. The summed E-state index contributed by atoms with van der Waals surface area (Å²) in [4.78, 5) is 24.9. The monoisotopic (exact) mass is 461 g/mol. The van der Waals surface area contributed by atoms with Crippen LogP contribution in [0.2, 0.25) is 0 Å². The lowest BCUT2D eigenvalue weighted by atomic mass is 9.98. The fraction of sp³-hybridized carbons (Fsp3) is 0.269. The Labute approximate surface area is 195 Å². The third-order valence-electron chi connectivity index (χ3n) is 5.93. The second-order valence-electron chi connectivity index (χ2n) is 8.36. The molecule has 1 aliphatic heterocycles. The van der Waals surface area contributed by atoms with Crippen molar-refractivity contribution in [1.29, 1.82) is 0 Å². The van der Waals surface area contributed by atoms with E-state index in [1.54, 1.807) is 18.3 Å². The number of amides is 1. The molecule has 0 saturated carbocycles. The minimum Gasteiger partial charge on any atom is -0.445 e. The summed E-state index contributed by atoms with van der Waals surface area (Å²) < 4.78 is 19.3. The molecule has 33 heavy (non-hydrogen) atoms. The van der Waals surface area contributed by atoms with Gasteiger partial charge in [-0.2, -0.15) is 0 Å². The van der Waals surface area contributed by atoms with E-state index in [0.717, 1.165) is 29.2 Å². The molecule has 1 fully saturated rings. The molecule has 0 aliphatic carbocycles. The number of thiazole rings is 1. The first kappa shape index (κ1) is 21.5. The Morgan fingerprint density at radius 1 is 1.18 bits per heavy atom. The van der Waals surface area contributed by atoms with Crippen molar-refractivity contribution in [1.82, 2.24) is 14.9 Å². The zero-order valence-electron chi connectivity index (χ0n) is 18.3. The first-order valence-electron chi connectivity index (χ1n) is 11.1. The summed E-state index contributed by atoms with van der Waals surface area (Å²) in [6.45, 7) is 3.13. The average molecular weight is 462 g/mol. The SMILES string of the molecule is Cc1nc(-c2ccc(F)cc2)sc1C(=O)N1CCC[C@H](c2ncc(Cc3ccccc3)o2)C1. The van der Waals surface area contributed by atoms with Crippen LogP contribution in [-0.2, 0) is 6.42 Å². The number of likely N-dealkylation sites (tertiary alicyclic amines) is 1. The molecule has 0 spiro atoms. The van der Waals surface area contributed by atoms with Gasteiger partial charge in [-0.3, -0.25) is 4.79 Å². The van der Waals surface area contributed by atoms with E-state index in [1.165, 1.54) is 29.0 Å². The highest BCUT2D eigenvalue weighted by Gasteiger charge is 2.30. The Hall–Kier alpha value is -3.32. The van der Waals surface area contributed by atoms with E-state index in [1.807, 2.05) is 30.0 Å². The Balaban J connectivity index is 1.29. The van der Waals surface area contributed by atoms with Crippen molar-refractivity contribution in [3.8, 4) is 10.6 Å². The van der Waals surface area contributed by atoms with E-state index in [0.29, 0.717) is 36.0 Å². The van der Waals surface area contributed by atoms with Crippen LogP contribution in [0.25, 0.3) is 10.6 Å². The molecule has 3 heterocycles. The molecule has 2 aromatic carbocycles. The molecule has 1 aliphatic rings. The van der Waals surface area contributed by atoms with Crippen molar-refractivity contribution >= 4 is 17.2 Å². The van der Waals surface area contributed by atoms with Crippen molar-refractivity contribution in [2.75, 3.05) is 13.1 Å². The van der Waals surface area contributed by atoms with Crippen LogP contribution < -0.4 is 0 Å². The Bertz CT molecular complexity index is 1250. The number of hydrogen-bond donors (Lipinski definition) is 0. The highest BCUT2D eigenvalue weighted by Crippen LogP contribution is 2.32. The summed E-state index contributed by atoms with van der Waals surface area (Å²) in [5.41, 5.74) is 2.69. The van der Waals surface area contributed by atoms with Gasteiger partial charge >= 0.3 is 0 Å². The minimum atomic E-state index is -0.291. The summed E-state index contributed by atoms with van der Waals surface area (Å²) in [5, 5.41) is 0.725. The predicted molar refractivity (Wildman–Crippen MR) is 126 cm³/mol. The van der Waals surface area contributed by atoms with E-state index in [4.69, 9.17) is 4.42 Å². The van der Waals surface area contributed by atoms with Crippen LogP contribution in [0, 0.1) is 12.7 Å². The van der Waals surface area contributed by atoms with Gasteiger partial charge in [-0.15, -0.1) is 11.3 Å². The number of benzene rings is 2. The van der Waals surface area contributed by atoms with Crippen LogP contribution in [0.3, 0.4) is 0 Å². The molecule has 0 N–H and O–H groups in total. The van der Waals surface area contributed by atoms with E-state index >= 15 is 0 Å². The van der Waals surface area contributed by atoms with Gasteiger partial charge < -0.3 is 9.32 Å². The first-order chi connectivity index (χ1) is 16.1. The van der Waals surface area contributed by atoms with E-state index < -0.39 is 0 Å². The van der Waals surface area contributed by atoms with Gasteiger partial charge in [-0.1, -0.05) is 30.3 Å². The summed E-state index contributed by atoms with van der Waals surface area (Å²) in [5.74, 6) is 1.31. The van der Waals surface area contributed by atoms with Crippen LogP contribution in [0.15, 0.2) is 65.2 Å². The largest absolute Gasteiger partial charge is 0.445 e. The molecule has 0 bridgehead atoms. The third kappa shape index (κ3) is 4.73. The van der Waals surface area contributed by atoms with Crippen molar-refractivity contribution in [3.63, 3.8) is 0 Å². The minimum absolute atomic E-state index is 0.0147. The normalized spacial score (nSPS) is 16.2. The van der Waals surface area contributed by atoms with E-state index in [2.05, 4.69) is 22.1 Å². The third-order valence-corrected chi connectivity index (χ3v) is 7.13. The number of nitrogens with zero attached hydrogens (tertiary/aromatic N) is 3. The number of aromatic nitrogens is 2. The molecule has 5 nitrogen and oxygen atoms in total. The smallest absolute Gasteiger partial charge is 0.265 e. The molecule has 0 unspecified atom stereocenters. The van der Waals surface area contributed by atoms with Crippen LogP contribution in [0.5, 0.6) is 0 Å². The van der Waals surface area contributed by atoms with E-state index in [-0.39, 0.29) is 17.6 Å².